The van der Waals surface area contributed by atoms with Gasteiger partial charge < -0.3 is 5.32 Å². The highest BCUT2D eigenvalue weighted by Crippen LogP contribution is 2.29. The Morgan fingerprint density at radius 3 is 2.69 bits per heavy atom. The quantitative estimate of drug-likeness (QED) is 0.704. The van der Waals surface area contributed by atoms with Gasteiger partial charge in [-0.15, -0.1) is 0 Å². The molecule has 0 atom stereocenters. The Bertz CT molecular complexity index is 329. The van der Waals surface area contributed by atoms with Crippen molar-refractivity contribution in [2.45, 2.75) is 6.92 Å². The number of hydrogen-bond acceptors (Lipinski definition) is 3. The molecule has 0 heterocycles. The van der Waals surface area contributed by atoms with E-state index in [4.69, 9.17) is 0 Å². The molecule has 0 bridgehead atoms. The van der Waals surface area contributed by atoms with E-state index < -0.39 is 0 Å². The van der Waals surface area contributed by atoms with Crippen LogP contribution in [-0.4, -0.2) is 20.0 Å². The van der Waals surface area contributed by atoms with Gasteiger partial charge in [-0.05, 0) is 31.8 Å². The average Bonchev–Trinajstić information content (AvgIpc) is 2.18. The lowest BCUT2D eigenvalue weighted by Crippen LogP contribution is -1.86. The minimum Gasteiger partial charge on any atom is -0.388 e. The first-order valence-electron chi connectivity index (χ1n) is 4.09. The predicted molar refractivity (Wildman–Crippen MR) is 59.0 cm³/mol. The van der Waals surface area contributed by atoms with Gasteiger partial charge in [0.15, 0.2) is 0 Å². The Hall–Kier alpha value is -1.64. The van der Waals surface area contributed by atoms with Crippen molar-refractivity contribution in [3.05, 3.63) is 18.2 Å². The van der Waals surface area contributed by atoms with Gasteiger partial charge in [-0.3, -0.25) is 9.98 Å². The number of anilines is 1. The molecule has 0 radical (unpaired) electrons. The van der Waals surface area contributed by atoms with Crippen LogP contribution in [0.4, 0.5) is 17.1 Å². The zero-order valence-electron chi connectivity index (χ0n) is 7.91. The standard InChI is InChI=1S/C10H13N3/c1-4-13-10-7-8(11-2)5-6-9(10)12-3/h4-7,11H,3H2,1-2H3/b13-4-. The molecular formula is C10H13N3. The Morgan fingerprint density at radius 2 is 2.15 bits per heavy atom. The van der Waals surface area contributed by atoms with Gasteiger partial charge >= 0.3 is 0 Å². The van der Waals surface area contributed by atoms with E-state index in [0.717, 1.165) is 17.1 Å². The number of nitrogens with zero attached hydrogens (tertiary/aromatic N) is 2. The fourth-order valence-electron chi connectivity index (χ4n) is 1.06. The number of rotatable bonds is 3. The van der Waals surface area contributed by atoms with Gasteiger partial charge in [0.2, 0.25) is 0 Å². The van der Waals surface area contributed by atoms with Gasteiger partial charge in [0.25, 0.3) is 0 Å². The van der Waals surface area contributed by atoms with E-state index in [1.807, 2.05) is 32.2 Å². The van der Waals surface area contributed by atoms with Gasteiger partial charge in [0.05, 0.1) is 11.4 Å². The second-order valence-electron chi connectivity index (χ2n) is 2.50. The van der Waals surface area contributed by atoms with Crippen LogP contribution in [0, 0.1) is 0 Å². The highest BCUT2D eigenvalue weighted by Gasteiger charge is 1.98. The van der Waals surface area contributed by atoms with E-state index in [1.54, 1.807) is 6.21 Å². The summed E-state index contributed by atoms with van der Waals surface area (Å²) in [5.74, 6) is 0. The van der Waals surface area contributed by atoms with Crippen LogP contribution >= 0.6 is 0 Å². The lowest BCUT2D eigenvalue weighted by atomic mass is 10.2. The zero-order valence-corrected chi connectivity index (χ0v) is 7.91. The SMILES string of the molecule is C=Nc1ccc(NC)cc1/N=C\C. The van der Waals surface area contributed by atoms with E-state index >= 15 is 0 Å². The van der Waals surface area contributed by atoms with Crippen molar-refractivity contribution in [2.75, 3.05) is 12.4 Å². The van der Waals surface area contributed by atoms with Crippen molar-refractivity contribution in [3.8, 4) is 0 Å². The Kier molecular flexibility index (Phi) is 3.20. The third-order valence-electron chi connectivity index (χ3n) is 1.70. The maximum absolute atomic E-state index is 4.19. The van der Waals surface area contributed by atoms with Gasteiger partial charge in [0.1, 0.15) is 0 Å². The largest absolute Gasteiger partial charge is 0.388 e. The van der Waals surface area contributed by atoms with Gasteiger partial charge in [-0.1, -0.05) is 0 Å². The highest BCUT2D eigenvalue weighted by molar-refractivity contribution is 5.74. The van der Waals surface area contributed by atoms with Crippen LogP contribution < -0.4 is 5.32 Å². The van der Waals surface area contributed by atoms with E-state index in [2.05, 4.69) is 22.0 Å². The third kappa shape index (κ3) is 2.15. The maximum Gasteiger partial charge on any atom is 0.0902 e. The van der Waals surface area contributed by atoms with Crippen molar-refractivity contribution in [2.24, 2.45) is 9.98 Å². The molecule has 0 saturated carbocycles. The number of aliphatic imine (C=N–C) groups is 2. The Morgan fingerprint density at radius 1 is 1.38 bits per heavy atom. The van der Waals surface area contributed by atoms with Crippen LogP contribution in [0.2, 0.25) is 0 Å². The first kappa shape index (κ1) is 9.45. The molecule has 3 heteroatoms. The molecule has 3 nitrogen and oxygen atoms in total. The van der Waals surface area contributed by atoms with Crippen molar-refractivity contribution in [3.63, 3.8) is 0 Å². The van der Waals surface area contributed by atoms with Crippen LogP contribution in [-0.2, 0) is 0 Å². The van der Waals surface area contributed by atoms with E-state index in [9.17, 15) is 0 Å². The van der Waals surface area contributed by atoms with Crippen molar-refractivity contribution in [1.29, 1.82) is 0 Å². The summed E-state index contributed by atoms with van der Waals surface area (Å²) in [7, 11) is 1.87. The average molecular weight is 175 g/mol. The van der Waals surface area contributed by atoms with Crippen molar-refractivity contribution >= 4 is 30.0 Å². The summed E-state index contributed by atoms with van der Waals surface area (Å²) in [5.41, 5.74) is 2.66. The number of nitrogens with one attached hydrogen (secondary N) is 1. The van der Waals surface area contributed by atoms with Crippen molar-refractivity contribution in [1.82, 2.24) is 0 Å². The van der Waals surface area contributed by atoms with E-state index in [-0.39, 0.29) is 0 Å². The van der Waals surface area contributed by atoms with E-state index in [1.165, 1.54) is 0 Å². The van der Waals surface area contributed by atoms with Crippen LogP contribution in [0.1, 0.15) is 6.92 Å². The molecule has 1 N–H and O–H groups in total. The summed E-state index contributed by atoms with van der Waals surface area (Å²) in [6.45, 7) is 5.36. The van der Waals surface area contributed by atoms with Crippen LogP contribution in [0.25, 0.3) is 0 Å². The zero-order chi connectivity index (χ0) is 9.68. The molecule has 1 aromatic rings. The van der Waals surface area contributed by atoms with Gasteiger partial charge in [-0.25, -0.2) is 0 Å². The summed E-state index contributed by atoms with van der Waals surface area (Å²) >= 11 is 0. The summed E-state index contributed by atoms with van der Waals surface area (Å²) in [5, 5.41) is 3.04. The normalized spacial score (nSPS) is 10.3. The molecule has 0 aliphatic heterocycles. The first-order valence-corrected chi connectivity index (χ1v) is 4.09. The number of benzene rings is 1. The van der Waals surface area contributed by atoms with Gasteiger partial charge in [0, 0.05) is 18.9 Å². The second kappa shape index (κ2) is 4.40. The molecule has 0 unspecified atom stereocenters. The van der Waals surface area contributed by atoms with Gasteiger partial charge in [-0.2, -0.15) is 0 Å². The molecule has 0 aliphatic rings. The second-order valence-corrected chi connectivity index (χ2v) is 2.50. The monoisotopic (exact) mass is 175 g/mol. The predicted octanol–water partition coefficient (Wildman–Crippen LogP) is 2.78. The molecule has 1 aromatic carbocycles. The molecular weight excluding hydrogens is 162 g/mol. The molecule has 0 aliphatic carbocycles. The first-order chi connectivity index (χ1) is 6.31. The van der Waals surface area contributed by atoms with Crippen LogP contribution in [0.3, 0.4) is 0 Å². The maximum atomic E-state index is 4.19. The Labute approximate surface area is 78.2 Å². The lowest BCUT2D eigenvalue weighted by molar-refractivity contribution is 1.43. The van der Waals surface area contributed by atoms with E-state index in [0.29, 0.717) is 0 Å². The summed E-state index contributed by atoms with van der Waals surface area (Å²) in [6, 6.07) is 5.77. The molecule has 0 spiro atoms. The summed E-state index contributed by atoms with van der Waals surface area (Å²) in [4.78, 5) is 8.06. The molecule has 0 saturated heterocycles. The molecule has 13 heavy (non-hydrogen) atoms. The highest BCUT2D eigenvalue weighted by atomic mass is 14.8. The fraction of sp³-hybridized carbons (Fsp3) is 0.200. The van der Waals surface area contributed by atoms with Crippen LogP contribution in [0.15, 0.2) is 28.2 Å². The summed E-state index contributed by atoms with van der Waals surface area (Å²) in [6.07, 6.45) is 1.74. The lowest BCUT2D eigenvalue weighted by Gasteiger charge is -2.03. The number of hydrogen-bond donors (Lipinski definition) is 1. The summed E-state index contributed by atoms with van der Waals surface area (Å²) < 4.78 is 0. The Balaban J connectivity index is 3.17. The third-order valence-corrected chi connectivity index (χ3v) is 1.70. The molecule has 0 amide bonds. The minimum atomic E-state index is 0.803. The minimum absolute atomic E-state index is 0.803. The molecule has 0 fully saturated rings. The fourth-order valence-corrected chi connectivity index (χ4v) is 1.06. The molecule has 1 rings (SSSR count). The smallest absolute Gasteiger partial charge is 0.0902 e. The van der Waals surface area contributed by atoms with Crippen LogP contribution in [0.5, 0.6) is 0 Å². The molecule has 68 valence electrons. The molecule has 0 aromatic heterocycles. The topological polar surface area (TPSA) is 36.8 Å². The van der Waals surface area contributed by atoms with Crippen molar-refractivity contribution < 1.29 is 0 Å².